The summed E-state index contributed by atoms with van der Waals surface area (Å²) in [7, 11) is 1.57. The van der Waals surface area contributed by atoms with E-state index >= 15 is 0 Å². The number of ether oxygens (including phenoxy) is 1. The van der Waals surface area contributed by atoms with Crippen molar-refractivity contribution in [3.63, 3.8) is 0 Å². The van der Waals surface area contributed by atoms with E-state index in [9.17, 15) is 4.79 Å². The Labute approximate surface area is 97.7 Å². The largest absolute Gasteiger partial charge is 0.497 e. The van der Waals surface area contributed by atoms with E-state index in [4.69, 9.17) is 10.5 Å². The van der Waals surface area contributed by atoms with E-state index in [1.165, 1.54) is 0 Å². The van der Waals surface area contributed by atoms with Gasteiger partial charge in [0.15, 0.2) is 5.78 Å². The second kappa shape index (κ2) is 4.77. The second-order valence-electron chi connectivity index (χ2n) is 3.46. The first kappa shape index (κ1) is 12.2. The summed E-state index contributed by atoms with van der Waals surface area (Å²) in [5.41, 5.74) is 7.10. The third-order valence-corrected chi connectivity index (χ3v) is 3.20. The molecule has 0 aromatic heterocycles. The summed E-state index contributed by atoms with van der Waals surface area (Å²) in [4.78, 5) is 11.8. The molecule has 1 aromatic carbocycles. The molecular weight excluding hydrogens is 258 g/mol. The van der Waals surface area contributed by atoms with Crippen molar-refractivity contribution in [2.45, 2.75) is 19.9 Å². The minimum absolute atomic E-state index is 0.0936. The van der Waals surface area contributed by atoms with Gasteiger partial charge in [-0.3, -0.25) is 4.79 Å². The third-order valence-electron chi connectivity index (χ3n) is 2.14. The van der Waals surface area contributed by atoms with Gasteiger partial charge >= 0.3 is 0 Å². The van der Waals surface area contributed by atoms with Crippen molar-refractivity contribution in [1.82, 2.24) is 0 Å². The summed E-state index contributed by atoms with van der Waals surface area (Å²) in [6, 6.07) is 3.05. The first-order chi connectivity index (χ1) is 6.97. The standard InChI is InChI=1S/C11H14BrNO2/c1-6-4-8(15-3)5-9(10(6)12)11(14)7(2)13/h4-5,7H,13H2,1-3H3. The first-order valence-corrected chi connectivity index (χ1v) is 5.40. The van der Waals surface area contributed by atoms with Gasteiger partial charge in [-0.25, -0.2) is 0 Å². The Morgan fingerprint density at radius 3 is 2.60 bits per heavy atom. The molecule has 0 saturated heterocycles. The van der Waals surface area contributed by atoms with Crippen LogP contribution in [0, 0.1) is 6.92 Å². The van der Waals surface area contributed by atoms with Crippen molar-refractivity contribution in [2.24, 2.45) is 5.73 Å². The molecule has 0 fully saturated rings. The van der Waals surface area contributed by atoms with E-state index in [1.54, 1.807) is 20.1 Å². The second-order valence-corrected chi connectivity index (χ2v) is 4.25. The maximum Gasteiger partial charge on any atom is 0.180 e. The number of Topliss-reactive ketones (excluding diaryl/α,β-unsaturated/α-hetero) is 1. The third kappa shape index (κ3) is 2.58. The first-order valence-electron chi connectivity index (χ1n) is 4.61. The molecule has 82 valence electrons. The van der Waals surface area contributed by atoms with Crippen LogP contribution in [0.2, 0.25) is 0 Å². The van der Waals surface area contributed by atoms with E-state index in [0.717, 1.165) is 10.0 Å². The molecule has 1 rings (SSSR count). The molecule has 0 bridgehead atoms. The van der Waals surface area contributed by atoms with Crippen LogP contribution in [-0.4, -0.2) is 18.9 Å². The number of ketones is 1. The van der Waals surface area contributed by atoms with Crippen LogP contribution < -0.4 is 10.5 Å². The summed E-state index contributed by atoms with van der Waals surface area (Å²) in [5.74, 6) is 0.573. The smallest absolute Gasteiger partial charge is 0.180 e. The average molecular weight is 272 g/mol. The Morgan fingerprint density at radius 2 is 2.13 bits per heavy atom. The van der Waals surface area contributed by atoms with Crippen molar-refractivity contribution >= 4 is 21.7 Å². The molecule has 0 aliphatic carbocycles. The van der Waals surface area contributed by atoms with Crippen molar-refractivity contribution in [3.8, 4) is 5.75 Å². The number of methoxy groups -OCH3 is 1. The fourth-order valence-electron chi connectivity index (χ4n) is 1.28. The highest BCUT2D eigenvalue weighted by Gasteiger charge is 2.16. The minimum Gasteiger partial charge on any atom is -0.497 e. The Kier molecular flexibility index (Phi) is 3.88. The molecule has 0 aliphatic rings. The number of carbonyl (C=O) groups is 1. The molecule has 1 atom stereocenters. The number of benzene rings is 1. The molecule has 0 radical (unpaired) electrons. The summed E-state index contributed by atoms with van der Waals surface area (Å²) in [5, 5.41) is 0. The predicted molar refractivity (Wildman–Crippen MR) is 63.4 cm³/mol. The van der Waals surface area contributed by atoms with E-state index in [1.807, 2.05) is 13.0 Å². The van der Waals surface area contributed by atoms with Gasteiger partial charge in [-0.1, -0.05) is 0 Å². The Balaban J connectivity index is 3.27. The molecule has 1 aromatic rings. The molecule has 0 saturated carbocycles. The number of carbonyl (C=O) groups excluding carboxylic acids is 1. The van der Waals surface area contributed by atoms with Crippen LogP contribution in [0.25, 0.3) is 0 Å². The minimum atomic E-state index is -0.507. The molecule has 15 heavy (non-hydrogen) atoms. The van der Waals surface area contributed by atoms with E-state index < -0.39 is 6.04 Å². The van der Waals surface area contributed by atoms with Crippen molar-refractivity contribution in [3.05, 3.63) is 27.7 Å². The van der Waals surface area contributed by atoms with Gasteiger partial charge in [-0.15, -0.1) is 0 Å². The highest BCUT2D eigenvalue weighted by atomic mass is 79.9. The SMILES string of the molecule is COc1cc(C)c(Br)c(C(=O)C(C)N)c1. The average Bonchev–Trinajstić information content (AvgIpc) is 2.20. The zero-order valence-corrected chi connectivity index (χ0v) is 10.6. The van der Waals surface area contributed by atoms with Crippen LogP contribution in [0.3, 0.4) is 0 Å². The quantitative estimate of drug-likeness (QED) is 0.859. The molecule has 3 nitrogen and oxygen atoms in total. The zero-order chi connectivity index (χ0) is 11.6. The van der Waals surface area contributed by atoms with Crippen LogP contribution in [-0.2, 0) is 0 Å². The van der Waals surface area contributed by atoms with Gasteiger partial charge in [-0.05, 0) is 47.5 Å². The number of aryl methyl sites for hydroxylation is 1. The molecule has 2 N–H and O–H groups in total. The summed E-state index contributed by atoms with van der Waals surface area (Å²) in [6.45, 7) is 3.58. The topological polar surface area (TPSA) is 52.3 Å². The number of hydrogen-bond acceptors (Lipinski definition) is 3. The summed E-state index contributed by atoms with van der Waals surface area (Å²) < 4.78 is 5.89. The van der Waals surface area contributed by atoms with Gasteiger partial charge < -0.3 is 10.5 Å². The lowest BCUT2D eigenvalue weighted by atomic mass is 10.0. The highest BCUT2D eigenvalue weighted by Crippen LogP contribution is 2.27. The van der Waals surface area contributed by atoms with Gasteiger partial charge in [0.05, 0.1) is 13.2 Å². The van der Waals surface area contributed by atoms with Crippen molar-refractivity contribution < 1.29 is 9.53 Å². The molecular formula is C11H14BrNO2. The maximum atomic E-state index is 11.8. The normalized spacial score (nSPS) is 12.3. The molecule has 0 heterocycles. The predicted octanol–water partition coefficient (Wildman–Crippen LogP) is 2.30. The fourth-order valence-corrected chi connectivity index (χ4v) is 1.70. The number of rotatable bonds is 3. The molecule has 0 amide bonds. The molecule has 4 heteroatoms. The lowest BCUT2D eigenvalue weighted by Crippen LogP contribution is -2.27. The van der Waals surface area contributed by atoms with Gasteiger partial charge in [0.2, 0.25) is 0 Å². The maximum absolute atomic E-state index is 11.8. The van der Waals surface area contributed by atoms with Gasteiger partial charge in [0.25, 0.3) is 0 Å². The Bertz CT molecular complexity index is 388. The molecule has 1 unspecified atom stereocenters. The summed E-state index contributed by atoms with van der Waals surface area (Å²) >= 11 is 3.38. The van der Waals surface area contributed by atoms with Crippen molar-refractivity contribution in [1.29, 1.82) is 0 Å². The molecule has 0 spiro atoms. The molecule has 0 aliphatic heterocycles. The van der Waals surface area contributed by atoms with E-state index in [0.29, 0.717) is 11.3 Å². The highest BCUT2D eigenvalue weighted by molar-refractivity contribution is 9.10. The zero-order valence-electron chi connectivity index (χ0n) is 9.00. The van der Waals surface area contributed by atoms with Crippen LogP contribution in [0.5, 0.6) is 5.75 Å². The van der Waals surface area contributed by atoms with Gasteiger partial charge in [0.1, 0.15) is 5.75 Å². The monoisotopic (exact) mass is 271 g/mol. The fraction of sp³-hybridized carbons (Fsp3) is 0.364. The lowest BCUT2D eigenvalue weighted by Gasteiger charge is -2.11. The Morgan fingerprint density at radius 1 is 1.53 bits per heavy atom. The van der Waals surface area contributed by atoms with Gasteiger partial charge in [-0.2, -0.15) is 0 Å². The lowest BCUT2D eigenvalue weighted by molar-refractivity contribution is 0.0967. The number of halogens is 1. The van der Waals surface area contributed by atoms with Crippen LogP contribution in [0.15, 0.2) is 16.6 Å². The number of nitrogens with two attached hydrogens (primary N) is 1. The van der Waals surface area contributed by atoms with Crippen LogP contribution in [0.4, 0.5) is 0 Å². The van der Waals surface area contributed by atoms with E-state index in [-0.39, 0.29) is 5.78 Å². The van der Waals surface area contributed by atoms with Crippen molar-refractivity contribution in [2.75, 3.05) is 7.11 Å². The number of hydrogen-bond donors (Lipinski definition) is 1. The Hall–Kier alpha value is -0.870. The summed E-state index contributed by atoms with van der Waals surface area (Å²) in [6.07, 6.45) is 0. The van der Waals surface area contributed by atoms with Gasteiger partial charge in [0, 0.05) is 10.0 Å². The van der Waals surface area contributed by atoms with E-state index in [2.05, 4.69) is 15.9 Å². The van der Waals surface area contributed by atoms with Crippen LogP contribution >= 0.6 is 15.9 Å². The van der Waals surface area contributed by atoms with Crippen LogP contribution in [0.1, 0.15) is 22.8 Å².